The standard InChI is InChI=1S/C12H23NO2/c1-9(2)8-15-12(14)11-6-5-7-13(11)10(3)4/h9-11H,5-8H2,1-4H3/t11-/m0/s1. The van der Waals surface area contributed by atoms with E-state index in [1.807, 2.05) is 0 Å². The summed E-state index contributed by atoms with van der Waals surface area (Å²) in [6.45, 7) is 9.95. The highest BCUT2D eigenvalue weighted by Crippen LogP contribution is 2.21. The molecule has 0 spiro atoms. The first-order chi connectivity index (χ1) is 7.02. The summed E-state index contributed by atoms with van der Waals surface area (Å²) in [5, 5.41) is 0. The van der Waals surface area contributed by atoms with Crippen molar-refractivity contribution in [2.24, 2.45) is 5.92 Å². The lowest BCUT2D eigenvalue weighted by Crippen LogP contribution is -2.41. The van der Waals surface area contributed by atoms with E-state index in [2.05, 4.69) is 32.6 Å². The Bertz CT molecular complexity index is 214. The van der Waals surface area contributed by atoms with Crippen molar-refractivity contribution in [3.05, 3.63) is 0 Å². The first-order valence-corrected chi connectivity index (χ1v) is 5.94. The molecule has 0 saturated carbocycles. The molecule has 0 aromatic rings. The van der Waals surface area contributed by atoms with Crippen molar-refractivity contribution in [3.63, 3.8) is 0 Å². The highest BCUT2D eigenvalue weighted by Gasteiger charge is 2.33. The molecule has 1 aliphatic heterocycles. The van der Waals surface area contributed by atoms with Crippen molar-refractivity contribution in [2.45, 2.75) is 52.6 Å². The zero-order valence-electron chi connectivity index (χ0n) is 10.3. The first-order valence-electron chi connectivity index (χ1n) is 5.94. The SMILES string of the molecule is CC(C)COC(=O)[C@@H]1CCCN1C(C)C. The molecule has 3 nitrogen and oxygen atoms in total. The minimum atomic E-state index is -0.0325. The molecule has 0 unspecified atom stereocenters. The number of nitrogens with zero attached hydrogens (tertiary/aromatic N) is 1. The van der Waals surface area contributed by atoms with E-state index < -0.39 is 0 Å². The van der Waals surface area contributed by atoms with E-state index in [1.54, 1.807) is 0 Å². The highest BCUT2D eigenvalue weighted by atomic mass is 16.5. The van der Waals surface area contributed by atoms with Crippen LogP contribution in [0.4, 0.5) is 0 Å². The van der Waals surface area contributed by atoms with Gasteiger partial charge in [0.1, 0.15) is 6.04 Å². The zero-order valence-corrected chi connectivity index (χ0v) is 10.3. The molecule has 0 radical (unpaired) electrons. The summed E-state index contributed by atoms with van der Waals surface area (Å²) in [7, 11) is 0. The average molecular weight is 213 g/mol. The van der Waals surface area contributed by atoms with Crippen LogP contribution in [0.2, 0.25) is 0 Å². The molecule has 1 fully saturated rings. The number of carbonyl (C=O) groups is 1. The molecule has 1 atom stereocenters. The largest absolute Gasteiger partial charge is 0.464 e. The summed E-state index contributed by atoms with van der Waals surface area (Å²) in [6.07, 6.45) is 2.06. The second kappa shape index (κ2) is 5.50. The summed E-state index contributed by atoms with van der Waals surface area (Å²) < 4.78 is 5.29. The van der Waals surface area contributed by atoms with Gasteiger partial charge < -0.3 is 4.74 Å². The molecular weight excluding hydrogens is 190 g/mol. The van der Waals surface area contributed by atoms with Crippen LogP contribution >= 0.6 is 0 Å². The number of hydrogen-bond donors (Lipinski definition) is 0. The number of hydrogen-bond acceptors (Lipinski definition) is 3. The van der Waals surface area contributed by atoms with Crippen LogP contribution in [0.3, 0.4) is 0 Å². The van der Waals surface area contributed by atoms with Gasteiger partial charge in [0.05, 0.1) is 6.61 Å². The average Bonchev–Trinajstić information content (AvgIpc) is 2.62. The summed E-state index contributed by atoms with van der Waals surface area (Å²) in [5.74, 6) is 0.387. The summed E-state index contributed by atoms with van der Waals surface area (Å²) in [4.78, 5) is 14.0. The fraction of sp³-hybridized carbons (Fsp3) is 0.917. The smallest absolute Gasteiger partial charge is 0.323 e. The molecule has 88 valence electrons. The van der Waals surface area contributed by atoms with E-state index in [9.17, 15) is 4.79 Å². The molecule has 0 aromatic carbocycles. The molecule has 1 saturated heterocycles. The normalized spacial score (nSPS) is 22.7. The van der Waals surface area contributed by atoms with Gasteiger partial charge in [-0.05, 0) is 39.2 Å². The van der Waals surface area contributed by atoms with Gasteiger partial charge in [-0.1, -0.05) is 13.8 Å². The number of carbonyl (C=O) groups excluding carboxylic acids is 1. The van der Waals surface area contributed by atoms with E-state index in [-0.39, 0.29) is 12.0 Å². The maximum atomic E-state index is 11.8. The van der Waals surface area contributed by atoms with Gasteiger partial charge in [-0.25, -0.2) is 0 Å². The minimum Gasteiger partial charge on any atom is -0.464 e. The molecule has 15 heavy (non-hydrogen) atoms. The van der Waals surface area contributed by atoms with Crippen LogP contribution < -0.4 is 0 Å². The molecular formula is C12H23NO2. The van der Waals surface area contributed by atoms with Crippen LogP contribution in [-0.2, 0) is 9.53 Å². The van der Waals surface area contributed by atoms with Gasteiger partial charge >= 0.3 is 5.97 Å². The van der Waals surface area contributed by atoms with Gasteiger partial charge in [0, 0.05) is 6.04 Å². The van der Waals surface area contributed by atoms with Crippen molar-refractivity contribution in [1.29, 1.82) is 0 Å². The monoisotopic (exact) mass is 213 g/mol. The zero-order chi connectivity index (χ0) is 11.4. The summed E-state index contributed by atoms with van der Waals surface area (Å²) >= 11 is 0. The van der Waals surface area contributed by atoms with Gasteiger partial charge in [0.25, 0.3) is 0 Å². The van der Waals surface area contributed by atoms with Gasteiger partial charge in [-0.15, -0.1) is 0 Å². The van der Waals surface area contributed by atoms with Crippen LogP contribution in [0.25, 0.3) is 0 Å². The predicted molar refractivity (Wildman–Crippen MR) is 60.7 cm³/mol. The summed E-state index contributed by atoms with van der Waals surface area (Å²) in [5.41, 5.74) is 0. The summed E-state index contributed by atoms with van der Waals surface area (Å²) in [6, 6.07) is 0.438. The van der Waals surface area contributed by atoms with Crippen LogP contribution in [0.15, 0.2) is 0 Å². The third-order valence-corrected chi connectivity index (χ3v) is 2.79. The quantitative estimate of drug-likeness (QED) is 0.669. The number of ether oxygens (including phenoxy) is 1. The molecule has 0 aromatic heterocycles. The van der Waals surface area contributed by atoms with Gasteiger partial charge in [0.15, 0.2) is 0 Å². The highest BCUT2D eigenvalue weighted by molar-refractivity contribution is 5.76. The lowest BCUT2D eigenvalue weighted by molar-refractivity contribution is -0.150. The lowest BCUT2D eigenvalue weighted by Gasteiger charge is -2.26. The second-order valence-corrected chi connectivity index (χ2v) is 5.01. The van der Waals surface area contributed by atoms with E-state index in [0.29, 0.717) is 18.6 Å². The number of rotatable bonds is 4. The fourth-order valence-corrected chi connectivity index (χ4v) is 2.01. The molecule has 0 bridgehead atoms. The number of esters is 1. The Labute approximate surface area is 92.8 Å². The Hall–Kier alpha value is -0.570. The van der Waals surface area contributed by atoms with Crippen molar-refractivity contribution < 1.29 is 9.53 Å². The molecule has 1 heterocycles. The predicted octanol–water partition coefficient (Wildman–Crippen LogP) is 2.06. The van der Waals surface area contributed by atoms with Gasteiger partial charge in [-0.3, -0.25) is 9.69 Å². The maximum Gasteiger partial charge on any atom is 0.323 e. The third kappa shape index (κ3) is 3.49. The van der Waals surface area contributed by atoms with Crippen LogP contribution in [0.1, 0.15) is 40.5 Å². The fourth-order valence-electron chi connectivity index (χ4n) is 2.01. The number of likely N-dealkylation sites (tertiary alicyclic amines) is 1. The molecule has 0 aliphatic carbocycles. The molecule has 0 N–H and O–H groups in total. The Balaban J connectivity index is 2.44. The van der Waals surface area contributed by atoms with Crippen molar-refractivity contribution >= 4 is 5.97 Å². The van der Waals surface area contributed by atoms with Crippen molar-refractivity contribution in [3.8, 4) is 0 Å². The Morgan fingerprint density at radius 1 is 1.40 bits per heavy atom. The van der Waals surface area contributed by atoms with Crippen LogP contribution in [0.5, 0.6) is 0 Å². The lowest BCUT2D eigenvalue weighted by atomic mass is 10.2. The first kappa shape index (κ1) is 12.5. The topological polar surface area (TPSA) is 29.5 Å². The minimum absolute atomic E-state index is 0.00347. The van der Waals surface area contributed by atoms with E-state index in [0.717, 1.165) is 19.4 Å². The maximum absolute atomic E-state index is 11.8. The van der Waals surface area contributed by atoms with Crippen molar-refractivity contribution in [1.82, 2.24) is 4.90 Å². The Morgan fingerprint density at radius 3 is 2.60 bits per heavy atom. The Morgan fingerprint density at radius 2 is 2.07 bits per heavy atom. The molecule has 1 rings (SSSR count). The van der Waals surface area contributed by atoms with Gasteiger partial charge in [0.2, 0.25) is 0 Å². The third-order valence-electron chi connectivity index (χ3n) is 2.79. The van der Waals surface area contributed by atoms with E-state index >= 15 is 0 Å². The molecule has 0 amide bonds. The second-order valence-electron chi connectivity index (χ2n) is 5.01. The van der Waals surface area contributed by atoms with Crippen LogP contribution in [0, 0.1) is 5.92 Å². The molecule has 3 heteroatoms. The van der Waals surface area contributed by atoms with E-state index in [4.69, 9.17) is 4.74 Å². The van der Waals surface area contributed by atoms with Gasteiger partial charge in [-0.2, -0.15) is 0 Å². The van der Waals surface area contributed by atoms with Crippen LogP contribution in [-0.4, -0.2) is 36.1 Å². The molecule has 1 aliphatic rings. The Kier molecular flexibility index (Phi) is 4.58. The van der Waals surface area contributed by atoms with Crippen molar-refractivity contribution in [2.75, 3.05) is 13.2 Å². The van der Waals surface area contributed by atoms with E-state index in [1.165, 1.54) is 0 Å².